The molecule has 0 radical (unpaired) electrons. The molecule has 1 amide bonds. The fourth-order valence-corrected chi connectivity index (χ4v) is 4.38. The number of hydrogen-bond donors (Lipinski definition) is 0. The predicted octanol–water partition coefficient (Wildman–Crippen LogP) is 3.01. The van der Waals surface area contributed by atoms with Gasteiger partial charge in [0.05, 0.1) is 5.69 Å². The summed E-state index contributed by atoms with van der Waals surface area (Å²) in [7, 11) is 0. The number of carbonyl (C=O) groups excluding carboxylic acids is 1. The monoisotopic (exact) mass is 313 g/mol. The second kappa shape index (κ2) is 5.39. The minimum absolute atomic E-state index is 0.107. The van der Waals surface area contributed by atoms with Crippen molar-refractivity contribution in [2.45, 2.75) is 31.8 Å². The minimum atomic E-state index is -0.107. The second-order valence-electron chi connectivity index (χ2n) is 6.04. The van der Waals surface area contributed by atoms with Crippen LogP contribution < -0.4 is 4.90 Å². The Morgan fingerprint density at radius 3 is 2.86 bits per heavy atom. The lowest BCUT2D eigenvalue weighted by molar-refractivity contribution is -0.134. The number of rotatable bonds is 2. The summed E-state index contributed by atoms with van der Waals surface area (Å²) in [6, 6.07) is 10.5. The van der Waals surface area contributed by atoms with Crippen LogP contribution in [0.4, 0.5) is 5.13 Å². The Hall–Kier alpha value is -1.88. The minimum Gasteiger partial charge on any atom is -0.336 e. The van der Waals surface area contributed by atoms with E-state index < -0.39 is 0 Å². The number of anilines is 1. The molecule has 0 saturated carbocycles. The first-order valence-electron chi connectivity index (χ1n) is 7.82. The lowest BCUT2D eigenvalue weighted by Crippen LogP contribution is -2.58. The maximum Gasteiger partial charge on any atom is 0.245 e. The van der Waals surface area contributed by atoms with Gasteiger partial charge in [0, 0.05) is 30.1 Å². The number of carbonyl (C=O) groups is 1. The molecule has 0 aliphatic carbocycles. The van der Waals surface area contributed by atoms with Crippen LogP contribution >= 0.6 is 11.3 Å². The molecule has 2 aliphatic heterocycles. The molecule has 0 unspecified atom stereocenters. The molecular formula is C17H19N3OS. The summed E-state index contributed by atoms with van der Waals surface area (Å²) in [6.45, 7) is 3.84. The molecule has 2 saturated heterocycles. The number of thiazole rings is 1. The number of hydrogen-bond acceptors (Lipinski definition) is 4. The summed E-state index contributed by atoms with van der Waals surface area (Å²) in [5.74, 6) is 0.255. The van der Waals surface area contributed by atoms with E-state index in [1.54, 1.807) is 11.3 Å². The van der Waals surface area contributed by atoms with Crippen LogP contribution in [0.2, 0.25) is 0 Å². The normalized spacial score (nSPS) is 24.7. The molecule has 0 N–H and O–H groups in total. The SMILES string of the molecule is C[C@H]1C(=O)N2CCC[C@H]2CN1c1nc(-c2ccccc2)cs1. The first-order valence-corrected chi connectivity index (χ1v) is 8.70. The highest BCUT2D eigenvalue weighted by Crippen LogP contribution is 2.33. The molecule has 114 valence electrons. The zero-order valence-corrected chi connectivity index (χ0v) is 13.4. The Labute approximate surface area is 134 Å². The highest BCUT2D eigenvalue weighted by molar-refractivity contribution is 7.14. The number of benzene rings is 1. The first kappa shape index (κ1) is 13.8. The highest BCUT2D eigenvalue weighted by atomic mass is 32.1. The Balaban J connectivity index is 1.62. The van der Waals surface area contributed by atoms with Crippen LogP contribution in [0.15, 0.2) is 35.7 Å². The van der Waals surface area contributed by atoms with Crippen LogP contribution in [-0.2, 0) is 4.79 Å². The molecule has 2 aliphatic rings. The van der Waals surface area contributed by atoms with Crippen LogP contribution in [0.5, 0.6) is 0 Å². The summed E-state index contributed by atoms with van der Waals surface area (Å²) in [5.41, 5.74) is 2.12. The largest absolute Gasteiger partial charge is 0.336 e. The number of piperazine rings is 1. The smallest absolute Gasteiger partial charge is 0.245 e. The van der Waals surface area contributed by atoms with Crippen LogP contribution in [0.1, 0.15) is 19.8 Å². The third kappa shape index (κ3) is 2.20. The molecule has 2 atom stereocenters. The zero-order chi connectivity index (χ0) is 15.1. The quantitative estimate of drug-likeness (QED) is 0.855. The molecule has 0 bridgehead atoms. The average molecular weight is 313 g/mol. The van der Waals surface area contributed by atoms with Gasteiger partial charge in [-0.3, -0.25) is 4.79 Å². The molecule has 0 spiro atoms. The van der Waals surface area contributed by atoms with Crippen molar-refractivity contribution in [1.82, 2.24) is 9.88 Å². The van der Waals surface area contributed by atoms with Crippen molar-refractivity contribution in [3.8, 4) is 11.3 Å². The standard InChI is InChI=1S/C17H19N3OS/c1-12-16(21)19-9-5-8-14(19)10-20(12)17-18-15(11-22-17)13-6-3-2-4-7-13/h2-4,6-7,11-12,14H,5,8-10H2,1H3/t12-,14-/m0/s1. The fraction of sp³-hybridized carbons (Fsp3) is 0.412. The van der Waals surface area contributed by atoms with Crippen molar-refractivity contribution in [3.05, 3.63) is 35.7 Å². The molecule has 2 fully saturated rings. The number of aromatic nitrogens is 1. The Bertz CT molecular complexity index is 684. The molecule has 4 rings (SSSR count). The van der Waals surface area contributed by atoms with Gasteiger partial charge in [-0.25, -0.2) is 4.98 Å². The molecule has 5 heteroatoms. The number of amides is 1. The van der Waals surface area contributed by atoms with Crippen molar-refractivity contribution < 1.29 is 4.79 Å². The van der Waals surface area contributed by atoms with Gasteiger partial charge < -0.3 is 9.80 Å². The van der Waals surface area contributed by atoms with Crippen molar-refractivity contribution in [2.24, 2.45) is 0 Å². The van der Waals surface area contributed by atoms with E-state index >= 15 is 0 Å². The van der Waals surface area contributed by atoms with Gasteiger partial charge in [-0.15, -0.1) is 11.3 Å². The molecule has 2 aromatic rings. The van der Waals surface area contributed by atoms with Gasteiger partial charge in [0.15, 0.2) is 5.13 Å². The zero-order valence-electron chi connectivity index (χ0n) is 12.6. The third-order valence-corrected chi connectivity index (χ3v) is 5.58. The lowest BCUT2D eigenvalue weighted by atomic mass is 10.1. The van der Waals surface area contributed by atoms with E-state index in [0.717, 1.165) is 42.3 Å². The Kier molecular flexibility index (Phi) is 3.37. The molecule has 3 heterocycles. The summed E-state index contributed by atoms with van der Waals surface area (Å²) in [4.78, 5) is 21.6. The third-order valence-electron chi connectivity index (χ3n) is 4.70. The number of fused-ring (bicyclic) bond motifs is 1. The first-order chi connectivity index (χ1) is 10.7. The van der Waals surface area contributed by atoms with Gasteiger partial charge in [0.25, 0.3) is 0 Å². The van der Waals surface area contributed by atoms with E-state index in [-0.39, 0.29) is 11.9 Å². The topological polar surface area (TPSA) is 36.4 Å². The molecule has 1 aromatic heterocycles. The van der Waals surface area contributed by atoms with E-state index in [4.69, 9.17) is 4.98 Å². The summed E-state index contributed by atoms with van der Waals surface area (Å²) in [5, 5.41) is 3.05. The molecule has 22 heavy (non-hydrogen) atoms. The Morgan fingerprint density at radius 1 is 1.23 bits per heavy atom. The van der Waals surface area contributed by atoms with E-state index in [1.807, 2.05) is 25.1 Å². The van der Waals surface area contributed by atoms with Crippen molar-refractivity contribution in [3.63, 3.8) is 0 Å². The van der Waals surface area contributed by atoms with Crippen molar-refractivity contribution in [2.75, 3.05) is 18.0 Å². The average Bonchev–Trinajstić information content (AvgIpc) is 3.20. The summed E-state index contributed by atoms with van der Waals surface area (Å²) < 4.78 is 0. The molecule has 1 aromatic carbocycles. The van der Waals surface area contributed by atoms with E-state index in [0.29, 0.717) is 6.04 Å². The van der Waals surface area contributed by atoms with E-state index in [9.17, 15) is 4.79 Å². The van der Waals surface area contributed by atoms with Gasteiger partial charge in [-0.2, -0.15) is 0 Å². The van der Waals surface area contributed by atoms with Gasteiger partial charge in [-0.1, -0.05) is 30.3 Å². The van der Waals surface area contributed by atoms with Crippen molar-refractivity contribution >= 4 is 22.4 Å². The predicted molar refractivity (Wildman–Crippen MR) is 89.1 cm³/mol. The van der Waals surface area contributed by atoms with Gasteiger partial charge >= 0.3 is 0 Å². The van der Waals surface area contributed by atoms with E-state index in [2.05, 4.69) is 27.3 Å². The van der Waals surface area contributed by atoms with Gasteiger partial charge in [0.1, 0.15) is 6.04 Å². The number of nitrogens with zero attached hydrogens (tertiary/aromatic N) is 3. The van der Waals surface area contributed by atoms with Crippen LogP contribution in [0.25, 0.3) is 11.3 Å². The second-order valence-corrected chi connectivity index (χ2v) is 6.87. The molecule has 4 nitrogen and oxygen atoms in total. The van der Waals surface area contributed by atoms with Crippen molar-refractivity contribution in [1.29, 1.82) is 0 Å². The van der Waals surface area contributed by atoms with Crippen LogP contribution in [0, 0.1) is 0 Å². The summed E-state index contributed by atoms with van der Waals surface area (Å²) >= 11 is 1.63. The fourth-order valence-electron chi connectivity index (χ4n) is 3.46. The van der Waals surface area contributed by atoms with E-state index in [1.165, 1.54) is 0 Å². The highest BCUT2D eigenvalue weighted by Gasteiger charge is 2.41. The Morgan fingerprint density at radius 2 is 2.05 bits per heavy atom. The lowest BCUT2D eigenvalue weighted by Gasteiger charge is -2.41. The maximum absolute atomic E-state index is 12.5. The van der Waals surface area contributed by atoms with Gasteiger partial charge in [-0.05, 0) is 19.8 Å². The van der Waals surface area contributed by atoms with Crippen LogP contribution in [-0.4, -0.2) is 41.0 Å². The molecular weight excluding hydrogens is 294 g/mol. The van der Waals surface area contributed by atoms with Gasteiger partial charge in [0.2, 0.25) is 5.91 Å². The van der Waals surface area contributed by atoms with Crippen LogP contribution in [0.3, 0.4) is 0 Å². The maximum atomic E-state index is 12.5. The summed E-state index contributed by atoms with van der Waals surface area (Å²) in [6.07, 6.45) is 2.25.